The smallest absolute Gasteiger partial charge is 0.399 e. The highest BCUT2D eigenvalue weighted by atomic mass is 16.7. The number of hydrogen-bond donors (Lipinski definition) is 1. The van der Waals surface area contributed by atoms with Crippen molar-refractivity contribution >= 4 is 18.3 Å². The van der Waals surface area contributed by atoms with E-state index < -0.39 is 0 Å². The third kappa shape index (κ3) is 2.87. The van der Waals surface area contributed by atoms with E-state index in [4.69, 9.17) is 9.31 Å². The minimum Gasteiger partial charge on any atom is -0.399 e. The molecule has 5 heteroatoms. The number of nitrogens with one attached hydrogen (secondary N) is 1. The zero-order valence-electron chi connectivity index (χ0n) is 15.4. The molecular weight excluding hydrogens is 299 g/mol. The molecule has 1 aliphatic carbocycles. The van der Waals surface area contributed by atoms with Crippen LogP contribution in [0, 0.1) is 0 Å². The monoisotopic (exact) mass is 328 g/mol. The van der Waals surface area contributed by atoms with Gasteiger partial charge in [0.1, 0.15) is 0 Å². The quantitative estimate of drug-likeness (QED) is 0.863. The fraction of sp³-hybridized carbons (Fsp3) is 0.684. The van der Waals surface area contributed by atoms with Gasteiger partial charge in [0.2, 0.25) is 0 Å². The molecule has 2 aliphatic heterocycles. The second-order valence-electron chi connectivity index (χ2n) is 8.41. The van der Waals surface area contributed by atoms with Gasteiger partial charge in [-0.05, 0) is 69.6 Å². The molecule has 0 amide bonds. The fourth-order valence-corrected chi connectivity index (χ4v) is 3.61. The first-order chi connectivity index (χ1) is 11.4. The molecule has 1 N–H and O–H groups in total. The Kier molecular flexibility index (Phi) is 3.94. The molecular formula is C19H29BN2O2. The van der Waals surface area contributed by atoms with E-state index in [1.54, 1.807) is 0 Å². The van der Waals surface area contributed by atoms with E-state index in [1.165, 1.54) is 29.6 Å². The van der Waals surface area contributed by atoms with Gasteiger partial charge < -0.3 is 19.5 Å². The molecule has 0 atom stereocenters. The van der Waals surface area contributed by atoms with Gasteiger partial charge in [0.15, 0.2) is 0 Å². The summed E-state index contributed by atoms with van der Waals surface area (Å²) in [6.45, 7) is 12.8. The Balaban J connectivity index is 1.64. The molecule has 4 nitrogen and oxygen atoms in total. The SMILES string of the molecule is CC1(C)OB(c2ccc(N3CCNCC3)cc2C2CC2)OC1(C)C. The molecule has 4 rings (SSSR count). The van der Waals surface area contributed by atoms with Crippen LogP contribution in [0.3, 0.4) is 0 Å². The molecule has 24 heavy (non-hydrogen) atoms. The zero-order chi connectivity index (χ0) is 16.9. The third-order valence-corrected chi connectivity index (χ3v) is 6.08. The number of benzene rings is 1. The van der Waals surface area contributed by atoms with Crippen molar-refractivity contribution in [2.75, 3.05) is 31.1 Å². The Labute approximate surface area is 146 Å². The Morgan fingerprint density at radius 2 is 1.67 bits per heavy atom. The van der Waals surface area contributed by atoms with Crippen LogP contribution in [-0.2, 0) is 9.31 Å². The van der Waals surface area contributed by atoms with E-state index in [9.17, 15) is 0 Å². The number of nitrogens with zero attached hydrogens (tertiary/aromatic N) is 1. The number of piperazine rings is 1. The van der Waals surface area contributed by atoms with Gasteiger partial charge in [-0.1, -0.05) is 6.07 Å². The van der Waals surface area contributed by atoms with Crippen LogP contribution in [0.25, 0.3) is 0 Å². The van der Waals surface area contributed by atoms with E-state index in [-0.39, 0.29) is 18.3 Å². The molecule has 130 valence electrons. The zero-order valence-corrected chi connectivity index (χ0v) is 15.4. The highest BCUT2D eigenvalue weighted by Gasteiger charge is 2.52. The van der Waals surface area contributed by atoms with Crippen LogP contribution < -0.4 is 15.7 Å². The van der Waals surface area contributed by atoms with Crippen molar-refractivity contribution in [1.82, 2.24) is 5.32 Å². The molecule has 3 aliphatic rings. The molecule has 0 unspecified atom stereocenters. The summed E-state index contributed by atoms with van der Waals surface area (Å²) in [6.07, 6.45) is 2.58. The average Bonchev–Trinajstić information content (AvgIpc) is 3.35. The number of hydrogen-bond acceptors (Lipinski definition) is 4. The number of anilines is 1. The molecule has 1 aromatic rings. The maximum Gasteiger partial charge on any atom is 0.495 e. The summed E-state index contributed by atoms with van der Waals surface area (Å²) in [5.74, 6) is 0.682. The Hall–Kier alpha value is -1.04. The minimum absolute atomic E-state index is 0.248. The van der Waals surface area contributed by atoms with Gasteiger partial charge in [-0.2, -0.15) is 0 Å². The second kappa shape index (κ2) is 5.75. The van der Waals surface area contributed by atoms with Gasteiger partial charge in [0.25, 0.3) is 0 Å². The van der Waals surface area contributed by atoms with Crippen LogP contribution in [0.1, 0.15) is 52.0 Å². The number of rotatable bonds is 3. The van der Waals surface area contributed by atoms with Crippen LogP contribution in [0.4, 0.5) is 5.69 Å². The van der Waals surface area contributed by atoms with E-state index in [1.807, 2.05) is 0 Å². The van der Waals surface area contributed by atoms with E-state index in [0.717, 1.165) is 26.2 Å². The highest BCUT2D eigenvalue weighted by molar-refractivity contribution is 6.62. The molecule has 0 aromatic heterocycles. The first kappa shape index (κ1) is 16.4. The Morgan fingerprint density at radius 1 is 1.04 bits per heavy atom. The van der Waals surface area contributed by atoms with Crippen molar-refractivity contribution in [1.29, 1.82) is 0 Å². The van der Waals surface area contributed by atoms with Gasteiger partial charge in [0, 0.05) is 31.9 Å². The predicted molar refractivity (Wildman–Crippen MR) is 99.2 cm³/mol. The largest absolute Gasteiger partial charge is 0.495 e. The third-order valence-electron chi connectivity index (χ3n) is 6.08. The maximum absolute atomic E-state index is 6.31. The van der Waals surface area contributed by atoms with Gasteiger partial charge in [-0.3, -0.25) is 0 Å². The molecule has 0 spiro atoms. The van der Waals surface area contributed by atoms with Crippen LogP contribution >= 0.6 is 0 Å². The summed E-state index contributed by atoms with van der Waals surface area (Å²) in [5, 5.41) is 3.43. The molecule has 3 fully saturated rings. The molecule has 0 radical (unpaired) electrons. The maximum atomic E-state index is 6.31. The second-order valence-corrected chi connectivity index (χ2v) is 8.41. The summed E-state index contributed by atoms with van der Waals surface area (Å²) >= 11 is 0. The lowest BCUT2D eigenvalue weighted by Crippen LogP contribution is -2.44. The summed E-state index contributed by atoms with van der Waals surface area (Å²) in [6, 6.07) is 6.88. The molecule has 1 saturated carbocycles. The molecule has 2 saturated heterocycles. The minimum atomic E-state index is -0.282. The summed E-state index contributed by atoms with van der Waals surface area (Å²) in [4.78, 5) is 2.48. The van der Waals surface area contributed by atoms with Crippen molar-refractivity contribution in [3.05, 3.63) is 23.8 Å². The average molecular weight is 328 g/mol. The van der Waals surface area contributed by atoms with E-state index in [0.29, 0.717) is 5.92 Å². The van der Waals surface area contributed by atoms with Crippen molar-refractivity contribution < 1.29 is 9.31 Å². The van der Waals surface area contributed by atoms with E-state index in [2.05, 4.69) is 56.1 Å². The first-order valence-electron chi connectivity index (χ1n) is 9.32. The van der Waals surface area contributed by atoms with Crippen LogP contribution in [0.15, 0.2) is 18.2 Å². The summed E-state index contributed by atoms with van der Waals surface area (Å²) < 4.78 is 12.6. The summed E-state index contributed by atoms with van der Waals surface area (Å²) in [7, 11) is -0.248. The van der Waals surface area contributed by atoms with Crippen molar-refractivity contribution in [3.63, 3.8) is 0 Å². The van der Waals surface area contributed by atoms with E-state index >= 15 is 0 Å². The molecule has 2 heterocycles. The molecule has 1 aromatic carbocycles. The molecule has 0 bridgehead atoms. The lowest BCUT2D eigenvalue weighted by Gasteiger charge is -2.32. The Morgan fingerprint density at radius 3 is 2.25 bits per heavy atom. The van der Waals surface area contributed by atoms with Crippen molar-refractivity contribution in [3.8, 4) is 0 Å². The van der Waals surface area contributed by atoms with Crippen molar-refractivity contribution in [2.24, 2.45) is 0 Å². The lowest BCUT2D eigenvalue weighted by atomic mass is 9.74. The van der Waals surface area contributed by atoms with Crippen molar-refractivity contribution in [2.45, 2.75) is 57.7 Å². The Bertz CT molecular complexity index is 606. The highest BCUT2D eigenvalue weighted by Crippen LogP contribution is 2.42. The fourth-order valence-electron chi connectivity index (χ4n) is 3.61. The van der Waals surface area contributed by atoms with Crippen LogP contribution in [-0.4, -0.2) is 44.5 Å². The van der Waals surface area contributed by atoms with Gasteiger partial charge in [-0.15, -0.1) is 0 Å². The topological polar surface area (TPSA) is 33.7 Å². The van der Waals surface area contributed by atoms with Gasteiger partial charge >= 0.3 is 7.12 Å². The lowest BCUT2D eigenvalue weighted by molar-refractivity contribution is 0.00578. The standard InChI is InChI=1S/C19H29BN2O2/c1-18(2)19(3,4)24-20(23-18)17-8-7-15(13-16(17)14-5-6-14)22-11-9-21-10-12-22/h7-8,13-14,21H,5-6,9-12H2,1-4H3. The van der Waals surface area contributed by atoms with Crippen LogP contribution in [0.2, 0.25) is 0 Å². The normalized spacial score (nSPS) is 26.0. The van der Waals surface area contributed by atoms with Crippen LogP contribution in [0.5, 0.6) is 0 Å². The summed E-state index contributed by atoms with van der Waals surface area (Å²) in [5.41, 5.74) is 3.45. The van der Waals surface area contributed by atoms with Gasteiger partial charge in [-0.25, -0.2) is 0 Å². The van der Waals surface area contributed by atoms with Gasteiger partial charge in [0.05, 0.1) is 11.2 Å². The predicted octanol–water partition coefficient (Wildman–Crippen LogP) is 2.27. The first-order valence-corrected chi connectivity index (χ1v) is 9.32.